The van der Waals surface area contributed by atoms with Gasteiger partial charge < -0.3 is 5.11 Å². The van der Waals surface area contributed by atoms with Crippen LogP contribution in [0.3, 0.4) is 0 Å². The van der Waals surface area contributed by atoms with Gasteiger partial charge in [-0.1, -0.05) is 18.2 Å². The van der Waals surface area contributed by atoms with Crippen molar-refractivity contribution in [1.29, 1.82) is 0 Å². The second kappa shape index (κ2) is 3.62. The van der Waals surface area contributed by atoms with Gasteiger partial charge in [0, 0.05) is 5.56 Å². The van der Waals surface area contributed by atoms with Crippen LogP contribution in [0.15, 0.2) is 22.7 Å². The smallest absolute Gasteiger partial charge is 0.307 e. The number of allylic oxidation sites excluding steroid dienone is 1. The van der Waals surface area contributed by atoms with Crippen LogP contribution in [0.25, 0.3) is 6.08 Å². The van der Waals surface area contributed by atoms with Gasteiger partial charge in [0.05, 0.1) is 10.9 Å². The lowest BCUT2D eigenvalue weighted by atomic mass is 10.0. The van der Waals surface area contributed by atoms with Gasteiger partial charge in [0.15, 0.2) is 0 Å². The van der Waals surface area contributed by atoms with Gasteiger partial charge in [0.25, 0.3) is 0 Å². The van der Waals surface area contributed by atoms with Crippen LogP contribution in [0.5, 0.6) is 0 Å². The molecular weight excluding hydrogens is 260 g/mol. The second-order valence-electron chi connectivity index (χ2n) is 3.27. The number of Topliss-reactive ketones (excluding diaryl/α,β-unsaturated/α-hetero) is 1. The highest BCUT2D eigenvalue weighted by Gasteiger charge is 2.22. The fraction of sp³-hybridized carbons (Fsp3) is 0.0909. The van der Waals surface area contributed by atoms with E-state index in [1.165, 1.54) is 0 Å². The van der Waals surface area contributed by atoms with Gasteiger partial charge >= 0.3 is 5.97 Å². The van der Waals surface area contributed by atoms with Gasteiger partial charge in [0.2, 0.25) is 5.78 Å². The molecular formula is C11H7BrO3. The minimum Gasteiger partial charge on any atom is -0.481 e. The zero-order chi connectivity index (χ0) is 11.0. The van der Waals surface area contributed by atoms with Gasteiger partial charge in [0.1, 0.15) is 0 Å². The number of benzene rings is 1. The Morgan fingerprint density at radius 2 is 2.13 bits per heavy atom. The molecule has 0 atom stereocenters. The second-order valence-corrected chi connectivity index (χ2v) is 4.12. The van der Waals surface area contributed by atoms with E-state index in [4.69, 9.17) is 5.11 Å². The number of hydrogen-bond acceptors (Lipinski definition) is 2. The number of carboxylic acid groups (broad SMARTS) is 1. The molecule has 0 radical (unpaired) electrons. The maximum absolute atomic E-state index is 11.6. The zero-order valence-corrected chi connectivity index (χ0v) is 9.24. The van der Waals surface area contributed by atoms with Crippen molar-refractivity contribution in [3.63, 3.8) is 0 Å². The number of fused-ring (bicyclic) bond motifs is 1. The van der Waals surface area contributed by atoms with Crippen LogP contribution in [0.2, 0.25) is 0 Å². The molecule has 76 valence electrons. The van der Waals surface area contributed by atoms with E-state index in [1.54, 1.807) is 24.3 Å². The minimum atomic E-state index is -0.896. The zero-order valence-electron chi connectivity index (χ0n) is 7.66. The summed E-state index contributed by atoms with van der Waals surface area (Å²) in [7, 11) is 0. The van der Waals surface area contributed by atoms with Crippen molar-refractivity contribution in [2.45, 2.75) is 6.42 Å². The summed E-state index contributed by atoms with van der Waals surface area (Å²) < 4.78 is 0.482. The number of carbonyl (C=O) groups excluding carboxylic acids is 1. The lowest BCUT2D eigenvalue weighted by molar-refractivity contribution is -0.136. The lowest BCUT2D eigenvalue weighted by Gasteiger charge is -2.03. The van der Waals surface area contributed by atoms with E-state index in [9.17, 15) is 9.59 Å². The number of carbonyl (C=O) groups is 2. The summed E-state index contributed by atoms with van der Waals surface area (Å²) in [6.07, 6.45) is 1.61. The maximum atomic E-state index is 11.6. The Labute approximate surface area is 94.5 Å². The molecule has 1 aromatic carbocycles. The van der Waals surface area contributed by atoms with Crippen LogP contribution < -0.4 is 0 Å². The summed E-state index contributed by atoms with van der Waals surface area (Å²) in [6.45, 7) is 0. The first-order valence-electron chi connectivity index (χ1n) is 4.35. The Balaban J connectivity index is 2.52. The molecule has 0 saturated carbocycles. The molecule has 1 aliphatic carbocycles. The monoisotopic (exact) mass is 266 g/mol. The maximum Gasteiger partial charge on any atom is 0.307 e. The molecule has 1 N–H and O–H groups in total. The van der Waals surface area contributed by atoms with Crippen molar-refractivity contribution in [2.75, 3.05) is 0 Å². The first-order chi connectivity index (χ1) is 7.09. The number of hydrogen-bond donors (Lipinski definition) is 1. The molecule has 0 aliphatic heterocycles. The van der Waals surface area contributed by atoms with Crippen LogP contribution in [-0.2, 0) is 11.2 Å². The van der Waals surface area contributed by atoms with E-state index < -0.39 is 5.97 Å². The molecule has 4 heteroatoms. The summed E-state index contributed by atoms with van der Waals surface area (Å²) in [5, 5.41) is 8.71. The fourth-order valence-corrected chi connectivity index (χ4v) is 2.06. The van der Waals surface area contributed by atoms with Crippen molar-refractivity contribution < 1.29 is 14.7 Å². The Morgan fingerprint density at radius 3 is 2.80 bits per heavy atom. The van der Waals surface area contributed by atoms with E-state index in [1.807, 2.05) is 0 Å². The average molecular weight is 267 g/mol. The average Bonchev–Trinajstić information content (AvgIpc) is 2.45. The molecule has 0 bridgehead atoms. The molecule has 1 aromatic rings. The highest BCUT2D eigenvalue weighted by atomic mass is 79.9. The standard InChI is InChI=1S/C11H7BrO3/c12-9-5-8-6(4-10(13)14)2-1-3-7(8)11(9)15/h1-3,5H,4H2,(H,13,14). The summed E-state index contributed by atoms with van der Waals surface area (Å²) in [6, 6.07) is 5.13. The van der Waals surface area contributed by atoms with E-state index in [-0.39, 0.29) is 12.2 Å². The molecule has 0 saturated heterocycles. The number of halogens is 1. The summed E-state index contributed by atoms with van der Waals surface area (Å²) >= 11 is 3.15. The first kappa shape index (κ1) is 10.1. The van der Waals surface area contributed by atoms with Gasteiger partial charge in [-0.3, -0.25) is 9.59 Å². The summed E-state index contributed by atoms with van der Waals surface area (Å²) in [4.78, 5) is 22.2. The van der Waals surface area contributed by atoms with E-state index in [0.29, 0.717) is 15.6 Å². The molecule has 0 aromatic heterocycles. The van der Waals surface area contributed by atoms with Crippen LogP contribution in [0, 0.1) is 0 Å². The Morgan fingerprint density at radius 1 is 1.40 bits per heavy atom. The van der Waals surface area contributed by atoms with Gasteiger partial charge in [-0.25, -0.2) is 0 Å². The van der Waals surface area contributed by atoms with E-state index in [0.717, 1.165) is 5.56 Å². The first-order valence-corrected chi connectivity index (χ1v) is 5.14. The molecule has 0 fully saturated rings. The molecule has 0 spiro atoms. The Hall–Kier alpha value is -1.42. The molecule has 2 rings (SSSR count). The molecule has 0 amide bonds. The van der Waals surface area contributed by atoms with Crippen molar-refractivity contribution in [2.24, 2.45) is 0 Å². The highest BCUT2D eigenvalue weighted by Crippen LogP contribution is 2.30. The number of rotatable bonds is 2. The number of carboxylic acids is 1. The number of ketones is 1. The Bertz CT molecular complexity index is 489. The molecule has 15 heavy (non-hydrogen) atoms. The third kappa shape index (κ3) is 1.72. The Kier molecular flexibility index (Phi) is 2.44. The molecule has 0 unspecified atom stereocenters. The minimum absolute atomic E-state index is 0.0623. The summed E-state index contributed by atoms with van der Waals surface area (Å²) in [5.41, 5.74) is 1.96. The normalized spacial score (nSPS) is 13.7. The molecule has 3 nitrogen and oxygen atoms in total. The topological polar surface area (TPSA) is 54.4 Å². The van der Waals surface area contributed by atoms with Crippen molar-refractivity contribution in [1.82, 2.24) is 0 Å². The third-order valence-electron chi connectivity index (χ3n) is 2.27. The summed E-state index contributed by atoms with van der Waals surface area (Å²) in [5.74, 6) is -0.982. The van der Waals surface area contributed by atoms with Gasteiger partial charge in [-0.2, -0.15) is 0 Å². The van der Waals surface area contributed by atoms with Gasteiger partial charge in [-0.15, -0.1) is 0 Å². The fourth-order valence-electron chi connectivity index (χ4n) is 1.62. The molecule has 0 heterocycles. The van der Waals surface area contributed by atoms with Crippen LogP contribution >= 0.6 is 15.9 Å². The highest BCUT2D eigenvalue weighted by molar-refractivity contribution is 9.12. The number of aliphatic carboxylic acids is 1. The van der Waals surface area contributed by atoms with Crippen molar-refractivity contribution >= 4 is 33.8 Å². The predicted molar refractivity (Wildman–Crippen MR) is 59.0 cm³/mol. The van der Waals surface area contributed by atoms with Crippen molar-refractivity contribution in [3.8, 4) is 0 Å². The largest absolute Gasteiger partial charge is 0.481 e. The molecule has 1 aliphatic rings. The van der Waals surface area contributed by atoms with Crippen molar-refractivity contribution in [3.05, 3.63) is 39.4 Å². The van der Waals surface area contributed by atoms with Gasteiger partial charge in [-0.05, 0) is 33.1 Å². The van der Waals surface area contributed by atoms with E-state index in [2.05, 4.69) is 15.9 Å². The van der Waals surface area contributed by atoms with E-state index >= 15 is 0 Å². The van der Waals surface area contributed by atoms with Crippen LogP contribution in [0.4, 0.5) is 0 Å². The SMILES string of the molecule is O=C(O)Cc1cccc2c1C=C(Br)C2=O. The quantitative estimate of drug-likeness (QED) is 0.894. The lowest BCUT2D eigenvalue weighted by Crippen LogP contribution is -2.03. The predicted octanol–water partition coefficient (Wildman–Crippen LogP) is 2.25. The third-order valence-corrected chi connectivity index (χ3v) is 2.86. The van der Waals surface area contributed by atoms with Crippen LogP contribution in [0.1, 0.15) is 21.5 Å². The van der Waals surface area contributed by atoms with Crippen LogP contribution in [-0.4, -0.2) is 16.9 Å².